The van der Waals surface area contributed by atoms with Gasteiger partial charge >= 0.3 is 0 Å². The zero-order valence-corrected chi connectivity index (χ0v) is 14.4. The van der Waals surface area contributed by atoms with Gasteiger partial charge in [0.2, 0.25) is 0 Å². The van der Waals surface area contributed by atoms with Gasteiger partial charge in [0.25, 0.3) is 0 Å². The summed E-state index contributed by atoms with van der Waals surface area (Å²) in [6.07, 6.45) is 6.09. The van der Waals surface area contributed by atoms with Gasteiger partial charge in [0, 0.05) is 18.3 Å². The standard InChI is InChI=1S/C19H19N7/c1-13(15-5-2-3-6-16(15)25-12-4-11-20-25)21-17-9-10-18-22-23-19(14-7-8-14)26(18)24-17/h2-6,9-14H,7-8H2,1H3,(H,21,24). The van der Waals surface area contributed by atoms with E-state index in [9.17, 15) is 0 Å². The van der Waals surface area contributed by atoms with Crippen molar-refractivity contribution in [2.75, 3.05) is 5.32 Å². The van der Waals surface area contributed by atoms with Crippen molar-refractivity contribution in [1.29, 1.82) is 0 Å². The van der Waals surface area contributed by atoms with Gasteiger partial charge in [0.1, 0.15) is 5.82 Å². The van der Waals surface area contributed by atoms with E-state index >= 15 is 0 Å². The zero-order chi connectivity index (χ0) is 17.5. The fourth-order valence-electron chi connectivity index (χ4n) is 3.25. The van der Waals surface area contributed by atoms with Crippen LogP contribution in [0.4, 0.5) is 5.82 Å². The highest BCUT2D eigenvalue weighted by Crippen LogP contribution is 2.38. The fraction of sp³-hybridized carbons (Fsp3) is 0.263. The molecule has 1 aliphatic rings. The lowest BCUT2D eigenvalue weighted by molar-refractivity contribution is 0.786. The van der Waals surface area contributed by atoms with Crippen LogP contribution < -0.4 is 5.32 Å². The molecule has 26 heavy (non-hydrogen) atoms. The number of benzene rings is 1. The molecule has 0 amide bonds. The lowest BCUT2D eigenvalue weighted by atomic mass is 10.1. The first kappa shape index (κ1) is 15.1. The summed E-state index contributed by atoms with van der Waals surface area (Å²) in [5.74, 6) is 2.28. The first-order chi connectivity index (χ1) is 12.8. The number of hydrogen-bond donors (Lipinski definition) is 1. The van der Waals surface area contributed by atoms with Crippen molar-refractivity contribution in [2.24, 2.45) is 0 Å². The summed E-state index contributed by atoms with van der Waals surface area (Å²) in [5, 5.41) is 21.1. The van der Waals surface area contributed by atoms with Crippen LogP contribution in [0.5, 0.6) is 0 Å². The minimum absolute atomic E-state index is 0.0706. The molecule has 1 aliphatic carbocycles. The van der Waals surface area contributed by atoms with Crippen LogP contribution in [0.15, 0.2) is 54.9 Å². The van der Waals surface area contributed by atoms with Crippen molar-refractivity contribution in [3.05, 3.63) is 66.2 Å². The average molecular weight is 345 g/mol. The second kappa shape index (κ2) is 5.94. The molecule has 3 heterocycles. The predicted octanol–water partition coefficient (Wildman–Crippen LogP) is 3.36. The molecule has 1 saturated carbocycles. The van der Waals surface area contributed by atoms with Crippen molar-refractivity contribution < 1.29 is 0 Å². The maximum absolute atomic E-state index is 4.71. The Kier molecular flexibility index (Phi) is 3.44. The number of aromatic nitrogens is 6. The lowest BCUT2D eigenvalue weighted by Gasteiger charge is -2.18. The van der Waals surface area contributed by atoms with Crippen LogP contribution in [0.2, 0.25) is 0 Å². The van der Waals surface area contributed by atoms with Gasteiger partial charge in [-0.25, -0.2) is 4.68 Å². The number of rotatable bonds is 5. The second-order valence-corrected chi connectivity index (χ2v) is 6.70. The SMILES string of the molecule is CC(Nc1ccc2nnc(C3CC3)n2n1)c1ccccc1-n1cccn1. The lowest BCUT2D eigenvalue weighted by Crippen LogP contribution is -2.13. The van der Waals surface area contributed by atoms with Crippen LogP contribution in [-0.4, -0.2) is 29.6 Å². The van der Waals surface area contributed by atoms with Gasteiger partial charge in [0.15, 0.2) is 11.5 Å². The maximum atomic E-state index is 4.71. The molecule has 0 radical (unpaired) electrons. The summed E-state index contributed by atoms with van der Waals surface area (Å²) in [7, 11) is 0. The molecule has 1 unspecified atom stereocenters. The van der Waals surface area contributed by atoms with Gasteiger partial charge in [-0.2, -0.15) is 9.61 Å². The summed E-state index contributed by atoms with van der Waals surface area (Å²) >= 11 is 0. The minimum Gasteiger partial charge on any atom is -0.362 e. The summed E-state index contributed by atoms with van der Waals surface area (Å²) in [6, 6.07) is 14.2. The number of para-hydroxylation sites is 1. The van der Waals surface area contributed by atoms with Gasteiger partial charge < -0.3 is 5.32 Å². The molecule has 3 aromatic heterocycles. The van der Waals surface area contributed by atoms with E-state index in [2.05, 4.69) is 39.7 Å². The van der Waals surface area contributed by atoms with E-state index in [1.54, 1.807) is 6.20 Å². The monoisotopic (exact) mass is 345 g/mol. The third kappa shape index (κ3) is 2.61. The third-order valence-corrected chi connectivity index (χ3v) is 4.75. The summed E-state index contributed by atoms with van der Waals surface area (Å²) in [6.45, 7) is 2.13. The number of nitrogens with zero attached hydrogens (tertiary/aromatic N) is 6. The van der Waals surface area contributed by atoms with E-state index in [4.69, 9.17) is 5.10 Å². The second-order valence-electron chi connectivity index (χ2n) is 6.70. The normalized spacial score (nSPS) is 15.3. The fourth-order valence-corrected chi connectivity index (χ4v) is 3.25. The molecule has 0 saturated heterocycles. The number of fused-ring (bicyclic) bond motifs is 1. The molecule has 0 bridgehead atoms. The van der Waals surface area contributed by atoms with E-state index in [-0.39, 0.29) is 6.04 Å². The Balaban J connectivity index is 1.46. The van der Waals surface area contributed by atoms with E-state index < -0.39 is 0 Å². The van der Waals surface area contributed by atoms with E-state index in [1.165, 1.54) is 12.8 Å². The van der Waals surface area contributed by atoms with Crippen LogP contribution in [-0.2, 0) is 0 Å². The quantitative estimate of drug-likeness (QED) is 0.600. The van der Waals surface area contributed by atoms with E-state index in [0.29, 0.717) is 5.92 Å². The number of anilines is 1. The Bertz CT molecular complexity index is 1050. The van der Waals surface area contributed by atoms with Gasteiger partial charge in [-0.3, -0.25) is 0 Å². The van der Waals surface area contributed by atoms with Crippen LogP contribution in [0.1, 0.15) is 43.1 Å². The van der Waals surface area contributed by atoms with Gasteiger partial charge in [-0.05, 0) is 49.6 Å². The Labute approximate surface area is 150 Å². The van der Waals surface area contributed by atoms with Gasteiger partial charge in [-0.15, -0.1) is 15.3 Å². The van der Waals surface area contributed by atoms with Crippen molar-refractivity contribution in [3.63, 3.8) is 0 Å². The van der Waals surface area contributed by atoms with Crippen LogP contribution in [0.3, 0.4) is 0 Å². The van der Waals surface area contributed by atoms with E-state index in [1.807, 2.05) is 45.7 Å². The maximum Gasteiger partial charge on any atom is 0.178 e. The molecule has 7 heteroatoms. The van der Waals surface area contributed by atoms with Crippen molar-refractivity contribution >= 4 is 11.5 Å². The Morgan fingerprint density at radius 1 is 1.08 bits per heavy atom. The van der Waals surface area contributed by atoms with Crippen LogP contribution in [0, 0.1) is 0 Å². The molecule has 1 fully saturated rings. The van der Waals surface area contributed by atoms with Crippen molar-refractivity contribution in [2.45, 2.75) is 31.7 Å². The van der Waals surface area contributed by atoms with Crippen LogP contribution in [0.25, 0.3) is 11.3 Å². The topological polar surface area (TPSA) is 72.9 Å². The Morgan fingerprint density at radius 3 is 2.77 bits per heavy atom. The molecule has 0 spiro atoms. The highest BCUT2D eigenvalue weighted by atomic mass is 15.4. The number of hydrogen-bond acceptors (Lipinski definition) is 5. The van der Waals surface area contributed by atoms with Gasteiger partial charge in [-0.1, -0.05) is 18.2 Å². The molecule has 1 aromatic carbocycles. The average Bonchev–Trinajstić information content (AvgIpc) is 3.20. The summed E-state index contributed by atoms with van der Waals surface area (Å²) in [5.41, 5.74) is 3.01. The molecular weight excluding hydrogens is 326 g/mol. The van der Waals surface area contributed by atoms with Crippen molar-refractivity contribution in [3.8, 4) is 5.69 Å². The molecule has 7 nitrogen and oxygen atoms in total. The molecule has 0 aliphatic heterocycles. The first-order valence-corrected chi connectivity index (χ1v) is 8.87. The predicted molar refractivity (Wildman–Crippen MR) is 98.4 cm³/mol. The highest BCUT2D eigenvalue weighted by Gasteiger charge is 2.29. The Hall–Kier alpha value is -3.22. The van der Waals surface area contributed by atoms with E-state index in [0.717, 1.165) is 28.5 Å². The van der Waals surface area contributed by atoms with Crippen LogP contribution >= 0.6 is 0 Å². The third-order valence-electron chi connectivity index (χ3n) is 4.75. The largest absolute Gasteiger partial charge is 0.362 e. The molecule has 1 N–H and O–H groups in total. The minimum atomic E-state index is 0.0706. The first-order valence-electron chi connectivity index (χ1n) is 8.87. The molecule has 130 valence electrons. The molecule has 4 aromatic rings. The molecule has 1 atom stereocenters. The number of nitrogens with one attached hydrogen (secondary N) is 1. The molecule has 5 rings (SSSR count). The summed E-state index contributed by atoms with van der Waals surface area (Å²) < 4.78 is 3.75. The summed E-state index contributed by atoms with van der Waals surface area (Å²) in [4.78, 5) is 0. The highest BCUT2D eigenvalue weighted by molar-refractivity contribution is 5.49. The smallest absolute Gasteiger partial charge is 0.178 e. The Morgan fingerprint density at radius 2 is 1.96 bits per heavy atom. The zero-order valence-electron chi connectivity index (χ0n) is 14.4. The van der Waals surface area contributed by atoms with Gasteiger partial charge in [0.05, 0.1) is 11.7 Å². The molecular formula is C19H19N7. The van der Waals surface area contributed by atoms with Crippen molar-refractivity contribution in [1.82, 2.24) is 29.6 Å².